The molecular formula is C19H15ClN2O5S. The molecule has 0 aliphatic rings. The highest BCUT2D eigenvalue weighted by molar-refractivity contribution is 7.92. The minimum Gasteiger partial charge on any atom is -0.492 e. The van der Waals surface area contributed by atoms with E-state index in [1.54, 1.807) is 6.07 Å². The fourth-order valence-corrected chi connectivity index (χ4v) is 3.90. The molecule has 0 aliphatic heterocycles. The summed E-state index contributed by atoms with van der Waals surface area (Å²) in [6.07, 6.45) is 1.12. The first-order valence-electron chi connectivity index (χ1n) is 7.97. The molecule has 28 heavy (non-hydrogen) atoms. The second-order valence-electron chi connectivity index (χ2n) is 5.70. The highest BCUT2D eigenvalue weighted by Crippen LogP contribution is 2.30. The predicted octanol–water partition coefficient (Wildman–Crippen LogP) is 3.70. The third kappa shape index (κ3) is 4.08. The molecule has 3 rings (SSSR count). The molecule has 0 radical (unpaired) electrons. The van der Waals surface area contributed by atoms with Crippen LogP contribution in [0.4, 0.5) is 5.69 Å². The number of nitrogens with zero attached hydrogens (tertiary/aromatic N) is 1. The van der Waals surface area contributed by atoms with Gasteiger partial charge in [-0.2, -0.15) is 0 Å². The lowest BCUT2D eigenvalue weighted by Gasteiger charge is -2.14. The Labute approximate surface area is 166 Å². The lowest BCUT2D eigenvalue weighted by atomic mass is 10.0. The van der Waals surface area contributed by atoms with Crippen LogP contribution in [-0.2, 0) is 14.8 Å². The molecule has 1 aromatic heterocycles. The number of sulfonamides is 1. The van der Waals surface area contributed by atoms with Gasteiger partial charge in [0, 0.05) is 6.20 Å². The van der Waals surface area contributed by atoms with Crippen molar-refractivity contribution in [1.82, 2.24) is 4.98 Å². The largest absolute Gasteiger partial charge is 0.492 e. The molecule has 2 N–H and O–H groups in total. The van der Waals surface area contributed by atoms with E-state index >= 15 is 0 Å². The Morgan fingerprint density at radius 1 is 1.11 bits per heavy atom. The van der Waals surface area contributed by atoms with Gasteiger partial charge in [0.25, 0.3) is 10.0 Å². The molecule has 0 fully saturated rings. The summed E-state index contributed by atoms with van der Waals surface area (Å²) in [6.45, 7) is 0. The molecule has 0 saturated carbocycles. The summed E-state index contributed by atoms with van der Waals surface area (Å²) in [5.41, 5.74) is 1.51. The summed E-state index contributed by atoms with van der Waals surface area (Å²) in [6, 6.07) is 14.9. The average Bonchev–Trinajstić information content (AvgIpc) is 2.69. The van der Waals surface area contributed by atoms with Crippen LogP contribution >= 0.6 is 11.6 Å². The Bertz CT molecular complexity index is 1130. The number of carbonyl (C=O) groups is 1. The summed E-state index contributed by atoms with van der Waals surface area (Å²) in [7, 11) is -3.09. The van der Waals surface area contributed by atoms with E-state index in [1.807, 2.05) is 30.3 Å². The molecule has 0 spiro atoms. The maximum atomic E-state index is 12.8. The van der Waals surface area contributed by atoms with E-state index in [2.05, 4.69) is 9.71 Å². The lowest BCUT2D eigenvalue weighted by molar-refractivity contribution is 0.0602. The molecule has 7 nitrogen and oxygen atoms in total. The fourth-order valence-electron chi connectivity index (χ4n) is 2.54. The number of hydrogen-bond acceptors (Lipinski definition) is 6. The summed E-state index contributed by atoms with van der Waals surface area (Å²) in [4.78, 5) is 15.1. The van der Waals surface area contributed by atoms with E-state index in [1.165, 1.54) is 19.2 Å². The van der Waals surface area contributed by atoms with Gasteiger partial charge in [-0.3, -0.25) is 4.72 Å². The first kappa shape index (κ1) is 19.7. The van der Waals surface area contributed by atoms with Crippen molar-refractivity contribution in [2.75, 3.05) is 11.8 Å². The minimum atomic E-state index is -4.28. The van der Waals surface area contributed by atoms with Gasteiger partial charge in [0.1, 0.15) is 0 Å². The normalized spacial score (nSPS) is 11.1. The number of esters is 1. The zero-order valence-corrected chi connectivity index (χ0v) is 16.2. The summed E-state index contributed by atoms with van der Waals surface area (Å²) < 4.78 is 32.6. The van der Waals surface area contributed by atoms with Gasteiger partial charge in [0.05, 0.1) is 23.4 Å². The minimum absolute atomic E-state index is 0.00687. The standard InChI is InChI=1S/C19H15ClN2O5S/c1-27-19(24)15-8-7-13(12-5-3-2-4-6-12)9-16(15)22-28(25,26)17-10-14(20)11-21-18(17)23/h2-11,22H,1H3,(H,21,23). The van der Waals surface area contributed by atoms with Crippen molar-refractivity contribution >= 4 is 33.3 Å². The van der Waals surface area contributed by atoms with Gasteiger partial charge in [-0.05, 0) is 29.3 Å². The number of nitrogens with one attached hydrogen (secondary N) is 1. The smallest absolute Gasteiger partial charge is 0.339 e. The molecule has 0 unspecified atom stereocenters. The third-order valence-corrected chi connectivity index (χ3v) is 5.44. The number of aromatic hydroxyl groups is 1. The van der Waals surface area contributed by atoms with Gasteiger partial charge < -0.3 is 9.84 Å². The Kier molecular flexibility index (Phi) is 5.53. The van der Waals surface area contributed by atoms with Crippen molar-refractivity contribution in [3.05, 3.63) is 71.4 Å². The number of anilines is 1. The van der Waals surface area contributed by atoms with Gasteiger partial charge in [0.15, 0.2) is 4.90 Å². The molecule has 3 aromatic rings. The van der Waals surface area contributed by atoms with E-state index in [-0.39, 0.29) is 16.3 Å². The molecule has 144 valence electrons. The van der Waals surface area contributed by atoms with Crippen molar-refractivity contribution in [2.24, 2.45) is 0 Å². The predicted molar refractivity (Wildman–Crippen MR) is 105 cm³/mol. The van der Waals surface area contributed by atoms with Crippen LogP contribution in [0.1, 0.15) is 10.4 Å². The van der Waals surface area contributed by atoms with Crippen molar-refractivity contribution in [3.63, 3.8) is 0 Å². The SMILES string of the molecule is COC(=O)c1ccc(-c2ccccc2)cc1NS(=O)(=O)c1cc(Cl)cnc1O. The quantitative estimate of drug-likeness (QED) is 0.612. The monoisotopic (exact) mass is 418 g/mol. The van der Waals surface area contributed by atoms with Crippen LogP contribution in [0.25, 0.3) is 11.1 Å². The topological polar surface area (TPSA) is 106 Å². The first-order chi connectivity index (χ1) is 13.3. The Morgan fingerprint density at radius 2 is 1.82 bits per heavy atom. The lowest BCUT2D eigenvalue weighted by Crippen LogP contribution is -2.16. The number of methoxy groups -OCH3 is 1. The molecule has 2 aromatic carbocycles. The Morgan fingerprint density at radius 3 is 2.50 bits per heavy atom. The summed E-state index contributed by atoms with van der Waals surface area (Å²) in [5, 5.41) is 9.86. The van der Waals surface area contributed by atoms with Crippen LogP contribution in [0.2, 0.25) is 5.02 Å². The molecule has 0 amide bonds. The van der Waals surface area contributed by atoms with Gasteiger partial charge in [-0.25, -0.2) is 18.2 Å². The fraction of sp³-hybridized carbons (Fsp3) is 0.0526. The highest BCUT2D eigenvalue weighted by atomic mass is 35.5. The number of halogens is 1. The van der Waals surface area contributed by atoms with Crippen LogP contribution in [-0.4, -0.2) is 31.6 Å². The number of ether oxygens (including phenoxy) is 1. The van der Waals surface area contributed by atoms with Crippen LogP contribution < -0.4 is 4.72 Å². The second kappa shape index (κ2) is 7.87. The van der Waals surface area contributed by atoms with Crippen LogP contribution in [0.15, 0.2) is 65.7 Å². The maximum Gasteiger partial charge on any atom is 0.339 e. The van der Waals surface area contributed by atoms with Crippen molar-refractivity contribution in [3.8, 4) is 17.0 Å². The Balaban J connectivity index is 2.10. The number of rotatable bonds is 5. The zero-order chi connectivity index (χ0) is 20.3. The second-order valence-corrected chi connectivity index (χ2v) is 7.79. The molecule has 1 heterocycles. The zero-order valence-electron chi connectivity index (χ0n) is 14.6. The number of hydrogen-bond donors (Lipinski definition) is 2. The molecule has 0 atom stereocenters. The summed E-state index contributed by atoms with van der Waals surface area (Å²) in [5.74, 6) is -1.43. The van der Waals surface area contributed by atoms with Gasteiger partial charge >= 0.3 is 5.97 Å². The highest BCUT2D eigenvalue weighted by Gasteiger charge is 2.24. The number of benzene rings is 2. The van der Waals surface area contributed by atoms with Crippen molar-refractivity contribution in [2.45, 2.75) is 4.90 Å². The van der Waals surface area contributed by atoms with Crippen LogP contribution in [0.5, 0.6) is 5.88 Å². The van der Waals surface area contributed by atoms with E-state index in [9.17, 15) is 18.3 Å². The van der Waals surface area contributed by atoms with E-state index in [0.29, 0.717) is 5.56 Å². The first-order valence-corrected chi connectivity index (χ1v) is 9.83. The van der Waals surface area contributed by atoms with Gasteiger partial charge in [-0.15, -0.1) is 0 Å². The molecule has 0 aliphatic carbocycles. The molecule has 9 heteroatoms. The summed E-state index contributed by atoms with van der Waals surface area (Å²) >= 11 is 5.80. The van der Waals surface area contributed by atoms with Crippen LogP contribution in [0.3, 0.4) is 0 Å². The maximum absolute atomic E-state index is 12.8. The van der Waals surface area contributed by atoms with E-state index in [4.69, 9.17) is 16.3 Å². The molecular weight excluding hydrogens is 404 g/mol. The Hall–Kier alpha value is -3.10. The van der Waals surface area contributed by atoms with Crippen LogP contribution in [0, 0.1) is 0 Å². The average molecular weight is 419 g/mol. The third-order valence-electron chi connectivity index (χ3n) is 3.87. The molecule has 0 bridgehead atoms. The van der Waals surface area contributed by atoms with Crippen molar-refractivity contribution < 1.29 is 23.1 Å². The number of carbonyl (C=O) groups excluding carboxylic acids is 1. The van der Waals surface area contributed by atoms with E-state index < -0.39 is 26.8 Å². The van der Waals surface area contributed by atoms with E-state index in [0.717, 1.165) is 17.8 Å². The number of aromatic nitrogens is 1. The molecule has 0 saturated heterocycles. The van der Waals surface area contributed by atoms with Crippen molar-refractivity contribution in [1.29, 1.82) is 0 Å². The van der Waals surface area contributed by atoms with Gasteiger partial charge in [0.2, 0.25) is 5.88 Å². The number of pyridine rings is 1. The van der Waals surface area contributed by atoms with Gasteiger partial charge in [-0.1, -0.05) is 48.0 Å².